The van der Waals surface area contributed by atoms with Crippen LogP contribution in [-0.4, -0.2) is 35.5 Å². The third-order valence-electron chi connectivity index (χ3n) is 4.13. The predicted molar refractivity (Wildman–Crippen MR) is 76.3 cm³/mol. The molecule has 0 radical (unpaired) electrons. The maximum absolute atomic E-state index is 13.2. The Kier molecular flexibility index (Phi) is 3.77. The SMILES string of the molecule is O=C1CN(C(=O)Nc2cccc(F)c2)[C@@H]2CCCC[C@@H]2N1. The summed E-state index contributed by atoms with van der Waals surface area (Å²) in [5.41, 5.74) is 0.401. The minimum atomic E-state index is -0.403. The summed E-state index contributed by atoms with van der Waals surface area (Å²) in [5, 5.41) is 5.63. The number of anilines is 1. The molecule has 1 aliphatic carbocycles. The number of nitrogens with one attached hydrogen (secondary N) is 2. The van der Waals surface area contributed by atoms with Gasteiger partial charge in [0, 0.05) is 11.7 Å². The fraction of sp³-hybridized carbons (Fsp3) is 0.467. The molecule has 1 aromatic carbocycles. The number of benzene rings is 1. The van der Waals surface area contributed by atoms with E-state index in [-0.39, 0.29) is 30.6 Å². The van der Waals surface area contributed by atoms with E-state index in [4.69, 9.17) is 0 Å². The first-order valence-corrected chi connectivity index (χ1v) is 7.26. The second kappa shape index (κ2) is 5.71. The standard InChI is InChI=1S/C15H18FN3O2/c16-10-4-3-5-11(8-10)17-15(21)19-9-14(20)18-12-6-1-2-7-13(12)19/h3-5,8,12-13H,1-2,6-7,9H2,(H,17,21)(H,18,20)/t12-,13+/m0/s1. The van der Waals surface area contributed by atoms with Gasteiger partial charge in [-0.25, -0.2) is 9.18 Å². The molecular formula is C15H18FN3O2. The summed E-state index contributed by atoms with van der Waals surface area (Å²) >= 11 is 0. The second-order valence-electron chi connectivity index (χ2n) is 5.59. The van der Waals surface area contributed by atoms with Gasteiger partial charge in [-0.05, 0) is 31.0 Å². The molecule has 5 nitrogen and oxygen atoms in total. The fourth-order valence-electron chi connectivity index (χ4n) is 3.16. The Morgan fingerprint density at radius 1 is 1.33 bits per heavy atom. The van der Waals surface area contributed by atoms with Crippen LogP contribution in [0.5, 0.6) is 0 Å². The average molecular weight is 291 g/mol. The number of hydrogen-bond acceptors (Lipinski definition) is 2. The molecule has 2 atom stereocenters. The van der Waals surface area contributed by atoms with Crippen LogP contribution in [0.4, 0.5) is 14.9 Å². The van der Waals surface area contributed by atoms with Crippen molar-refractivity contribution in [2.75, 3.05) is 11.9 Å². The molecule has 3 rings (SSSR count). The molecule has 1 saturated heterocycles. The van der Waals surface area contributed by atoms with Crippen molar-refractivity contribution in [3.05, 3.63) is 30.1 Å². The number of carbonyl (C=O) groups is 2. The van der Waals surface area contributed by atoms with Crippen molar-refractivity contribution >= 4 is 17.6 Å². The Hall–Kier alpha value is -2.11. The van der Waals surface area contributed by atoms with Gasteiger partial charge in [0.15, 0.2) is 0 Å². The van der Waals surface area contributed by atoms with Crippen molar-refractivity contribution in [2.24, 2.45) is 0 Å². The molecule has 112 valence electrons. The Morgan fingerprint density at radius 2 is 2.14 bits per heavy atom. The number of hydrogen-bond donors (Lipinski definition) is 2. The molecule has 0 spiro atoms. The summed E-state index contributed by atoms with van der Waals surface area (Å²) in [4.78, 5) is 25.7. The van der Waals surface area contributed by atoms with Gasteiger partial charge in [0.2, 0.25) is 5.91 Å². The van der Waals surface area contributed by atoms with Crippen molar-refractivity contribution in [1.29, 1.82) is 0 Å². The Bertz CT molecular complexity index is 564. The zero-order valence-corrected chi connectivity index (χ0v) is 11.6. The van der Waals surface area contributed by atoms with Crippen LogP contribution in [-0.2, 0) is 4.79 Å². The van der Waals surface area contributed by atoms with Crippen LogP contribution >= 0.6 is 0 Å². The Labute approximate surface area is 122 Å². The molecule has 6 heteroatoms. The number of carbonyl (C=O) groups excluding carboxylic acids is 2. The summed E-state index contributed by atoms with van der Waals surface area (Å²) in [5.74, 6) is -0.535. The number of fused-ring (bicyclic) bond motifs is 1. The average Bonchev–Trinajstić information content (AvgIpc) is 2.46. The molecule has 1 aromatic rings. The minimum absolute atomic E-state index is 0.0324. The molecule has 0 bridgehead atoms. The number of nitrogens with zero attached hydrogens (tertiary/aromatic N) is 1. The Morgan fingerprint density at radius 3 is 2.95 bits per heavy atom. The van der Waals surface area contributed by atoms with E-state index >= 15 is 0 Å². The number of piperazine rings is 1. The highest BCUT2D eigenvalue weighted by Gasteiger charge is 2.38. The van der Waals surface area contributed by atoms with Crippen molar-refractivity contribution in [1.82, 2.24) is 10.2 Å². The maximum Gasteiger partial charge on any atom is 0.322 e. The highest BCUT2D eigenvalue weighted by molar-refractivity contribution is 5.93. The molecule has 1 aliphatic heterocycles. The monoisotopic (exact) mass is 291 g/mol. The van der Waals surface area contributed by atoms with Crippen molar-refractivity contribution in [2.45, 2.75) is 37.8 Å². The molecule has 2 fully saturated rings. The zero-order chi connectivity index (χ0) is 14.8. The van der Waals surface area contributed by atoms with Crippen molar-refractivity contribution < 1.29 is 14.0 Å². The van der Waals surface area contributed by atoms with E-state index in [9.17, 15) is 14.0 Å². The van der Waals surface area contributed by atoms with Crippen LogP contribution in [0.2, 0.25) is 0 Å². The van der Waals surface area contributed by atoms with E-state index in [0.29, 0.717) is 5.69 Å². The van der Waals surface area contributed by atoms with Crippen LogP contribution in [0.15, 0.2) is 24.3 Å². The molecule has 3 amide bonds. The fourth-order valence-corrected chi connectivity index (χ4v) is 3.16. The maximum atomic E-state index is 13.2. The van der Waals surface area contributed by atoms with Gasteiger partial charge in [0.1, 0.15) is 12.4 Å². The number of rotatable bonds is 1. The number of halogens is 1. The van der Waals surface area contributed by atoms with E-state index in [1.54, 1.807) is 11.0 Å². The van der Waals surface area contributed by atoms with Crippen LogP contribution in [0.1, 0.15) is 25.7 Å². The predicted octanol–water partition coefficient (Wildman–Crippen LogP) is 2.10. The molecule has 2 N–H and O–H groups in total. The van der Waals surface area contributed by atoms with E-state index in [2.05, 4.69) is 10.6 Å². The van der Waals surface area contributed by atoms with Crippen LogP contribution in [0.3, 0.4) is 0 Å². The first-order valence-electron chi connectivity index (χ1n) is 7.26. The van der Waals surface area contributed by atoms with Gasteiger partial charge in [-0.15, -0.1) is 0 Å². The first-order chi connectivity index (χ1) is 10.1. The lowest BCUT2D eigenvalue weighted by atomic mass is 9.87. The van der Waals surface area contributed by atoms with Crippen LogP contribution < -0.4 is 10.6 Å². The molecular weight excluding hydrogens is 273 g/mol. The highest BCUT2D eigenvalue weighted by Crippen LogP contribution is 2.26. The summed E-state index contributed by atoms with van der Waals surface area (Å²) in [6, 6.07) is 5.48. The topological polar surface area (TPSA) is 61.4 Å². The van der Waals surface area contributed by atoms with Gasteiger partial charge in [0.25, 0.3) is 0 Å². The summed E-state index contributed by atoms with van der Waals surface area (Å²) < 4.78 is 13.2. The second-order valence-corrected chi connectivity index (χ2v) is 5.59. The molecule has 0 unspecified atom stereocenters. The summed E-state index contributed by atoms with van der Waals surface area (Å²) in [6.45, 7) is 0.0579. The van der Waals surface area contributed by atoms with Gasteiger partial charge in [0.05, 0.1) is 6.04 Å². The normalized spacial score (nSPS) is 25.0. The number of urea groups is 1. The lowest BCUT2D eigenvalue weighted by Crippen LogP contribution is -2.63. The minimum Gasteiger partial charge on any atom is -0.350 e. The molecule has 2 aliphatic rings. The smallest absolute Gasteiger partial charge is 0.322 e. The van der Waals surface area contributed by atoms with Gasteiger partial charge in [-0.3, -0.25) is 4.79 Å². The van der Waals surface area contributed by atoms with E-state index < -0.39 is 5.82 Å². The van der Waals surface area contributed by atoms with Gasteiger partial charge in [-0.1, -0.05) is 18.9 Å². The van der Waals surface area contributed by atoms with Crippen LogP contribution in [0.25, 0.3) is 0 Å². The lowest BCUT2D eigenvalue weighted by molar-refractivity contribution is -0.126. The third-order valence-corrected chi connectivity index (χ3v) is 4.13. The third kappa shape index (κ3) is 2.99. The van der Waals surface area contributed by atoms with Crippen molar-refractivity contribution in [3.8, 4) is 0 Å². The molecule has 1 heterocycles. The van der Waals surface area contributed by atoms with Crippen molar-refractivity contribution in [3.63, 3.8) is 0 Å². The number of amides is 3. The highest BCUT2D eigenvalue weighted by atomic mass is 19.1. The van der Waals surface area contributed by atoms with Crippen LogP contribution in [0, 0.1) is 5.82 Å². The van der Waals surface area contributed by atoms with Gasteiger partial charge >= 0.3 is 6.03 Å². The summed E-state index contributed by atoms with van der Waals surface area (Å²) in [6.07, 6.45) is 3.92. The van der Waals surface area contributed by atoms with Gasteiger partial charge in [-0.2, -0.15) is 0 Å². The van der Waals surface area contributed by atoms with E-state index in [1.165, 1.54) is 18.2 Å². The lowest BCUT2D eigenvalue weighted by Gasteiger charge is -2.43. The molecule has 21 heavy (non-hydrogen) atoms. The quantitative estimate of drug-likeness (QED) is 0.832. The Balaban J connectivity index is 1.74. The van der Waals surface area contributed by atoms with E-state index in [0.717, 1.165) is 25.7 Å². The zero-order valence-electron chi connectivity index (χ0n) is 11.6. The van der Waals surface area contributed by atoms with E-state index in [1.807, 2.05) is 0 Å². The molecule has 1 saturated carbocycles. The van der Waals surface area contributed by atoms with Gasteiger partial charge < -0.3 is 15.5 Å². The summed E-state index contributed by atoms with van der Waals surface area (Å²) in [7, 11) is 0. The first kappa shape index (κ1) is 13.9. The largest absolute Gasteiger partial charge is 0.350 e. The molecule has 0 aromatic heterocycles.